The van der Waals surface area contributed by atoms with Crippen LogP contribution in [0, 0.1) is 5.82 Å². The smallest absolute Gasteiger partial charge is 0.227 e. The molecule has 0 radical (unpaired) electrons. The maximum Gasteiger partial charge on any atom is 0.227 e. The first-order valence-electron chi connectivity index (χ1n) is 9.01. The van der Waals surface area contributed by atoms with E-state index in [1.807, 2.05) is 6.92 Å². The number of halogens is 1. The Balaban J connectivity index is 2.49. The minimum absolute atomic E-state index is 0.0747. The molecule has 2 rings (SSSR count). The third-order valence-electron chi connectivity index (χ3n) is 4.09. The maximum atomic E-state index is 14.0. The molecule has 0 N–H and O–H groups in total. The molecule has 0 spiro atoms. The fourth-order valence-electron chi connectivity index (χ4n) is 2.66. The molecule has 0 fully saturated rings. The number of carbonyl (C=O) groups is 1. The highest BCUT2D eigenvalue weighted by Crippen LogP contribution is 2.38. The first-order chi connectivity index (χ1) is 14.0. The average Bonchev–Trinajstić information content (AvgIpc) is 2.74. The largest absolute Gasteiger partial charge is 0.494 e. The fraction of sp³-hybridized carbons (Fsp3) is 0.318. The van der Waals surface area contributed by atoms with Gasteiger partial charge in [0.1, 0.15) is 0 Å². The molecule has 6 nitrogen and oxygen atoms in total. The van der Waals surface area contributed by atoms with Gasteiger partial charge in [-0.25, -0.2) is 4.39 Å². The highest BCUT2D eigenvalue weighted by atomic mass is 19.1. The van der Waals surface area contributed by atoms with E-state index < -0.39 is 11.6 Å². The molecule has 2 aromatic rings. The first-order valence-corrected chi connectivity index (χ1v) is 9.01. The Bertz CT molecular complexity index is 866. The van der Waals surface area contributed by atoms with E-state index in [1.54, 1.807) is 18.2 Å². The number of benzene rings is 2. The standard InChI is InChI=1S/C22H25FO6/c1-6-9-29-18(11-14-7-8-17(25-2)16(23)10-14)21(24)15-12-19(26-3)22(28-5)20(13-15)27-4/h7-8,10-13H,6,9H2,1-5H3/b18-11-. The van der Waals surface area contributed by atoms with Gasteiger partial charge in [-0.15, -0.1) is 0 Å². The molecule has 0 unspecified atom stereocenters. The molecular formula is C22H25FO6. The van der Waals surface area contributed by atoms with Crippen molar-refractivity contribution in [1.29, 1.82) is 0 Å². The van der Waals surface area contributed by atoms with Crippen molar-refractivity contribution in [2.75, 3.05) is 35.0 Å². The predicted octanol–water partition coefficient (Wildman–Crippen LogP) is 4.51. The van der Waals surface area contributed by atoms with Gasteiger partial charge in [0.05, 0.1) is 35.0 Å². The lowest BCUT2D eigenvalue weighted by Gasteiger charge is -2.15. The molecular weight excluding hydrogens is 379 g/mol. The van der Waals surface area contributed by atoms with Crippen LogP contribution in [0.5, 0.6) is 23.0 Å². The van der Waals surface area contributed by atoms with Crippen LogP contribution in [0.4, 0.5) is 4.39 Å². The van der Waals surface area contributed by atoms with Crippen LogP contribution in [-0.2, 0) is 4.74 Å². The van der Waals surface area contributed by atoms with Gasteiger partial charge in [0, 0.05) is 5.56 Å². The van der Waals surface area contributed by atoms with Gasteiger partial charge in [-0.3, -0.25) is 4.79 Å². The van der Waals surface area contributed by atoms with E-state index in [2.05, 4.69) is 0 Å². The number of Topliss-reactive ketones (excluding diaryl/α,β-unsaturated/α-hetero) is 1. The summed E-state index contributed by atoms with van der Waals surface area (Å²) >= 11 is 0. The van der Waals surface area contributed by atoms with Crippen LogP contribution in [-0.4, -0.2) is 40.8 Å². The summed E-state index contributed by atoms with van der Waals surface area (Å²) in [6.07, 6.45) is 2.19. The van der Waals surface area contributed by atoms with Crippen LogP contribution in [0.2, 0.25) is 0 Å². The molecule has 0 bridgehead atoms. The Morgan fingerprint density at radius 3 is 2.03 bits per heavy atom. The fourth-order valence-corrected chi connectivity index (χ4v) is 2.66. The van der Waals surface area contributed by atoms with E-state index in [1.165, 1.54) is 46.6 Å². The van der Waals surface area contributed by atoms with Crippen molar-refractivity contribution in [3.05, 3.63) is 53.0 Å². The predicted molar refractivity (Wildman–Crippen MR) is 108 cm³/mol. The van der Waals surface area contributed by atoms with Crippen LogP contribution in [0.1, 0.15) is 29.3 Å². The van der Waals surface area contributed by atoms with Gasteiger partial charge in [0.25, 0.3) is 0 Å². The van der Waals surface area contributed by atoms with Crippen LogP contribution in [0.15, 0.2) is 36.1 Å². The zero-order valence-corrected chi connectivity index (χ0v) is 17.2. The molecule has 2 aromatic carbocycles. The Morgan fingerprint density at radius 1 is 0.931 bits per heavy atom. The van der Waals surface area contributed by atoms with Gasteiger partial charge < -0.3 is 23.7 Å². The number of rotatable bonds is 10. The molecule has 0 amide bonds. The highest BCUT2D eigenvalue weighted by Gasteiger charge is 2.21. The SMILES string of the molecule is CCCO/C(=C\c1ccc(OC)c(F)c1)C(=O)c1cc(OC)c(OC)c(OC)c1. The third-order valence-corrected chi connectivity index (χ3v) is 4.09. The Morgan fingerprint density at radius 2 is 1.55 bits per heavy atom. The van der Waals surface area contributed by atoms with E-state index in [-0.39, 0.29) is 17.1 Å². The molecule has 29 heavy (non-hydrogen) atoms. The van der Waals surface area contributed by atoms with Crippen LogP contribution in [0.25, 0.3) is 6.08 Å². The third kappa shape index (κ3) is 5.19. The summed E-state index contributed by atoms with van der Waals surface area (Å²) in [4.78, 5) is 13.1. The molecule has 0 aliphatic carbocycles. The van der Waals surface area contributed by atoms with E-state index >= 15 is 0 Å². The quantitative estimate of drug-likeness (QED) is 0.330. The van der Waals surface area contributed by atoms with Crippen molar-refractivity contribution in [3.8, 4) is 23.0 Å². The second-order valence-electron chi connectivity index (χ2n) is 5.99. The number of carbonyl (C=O) groups excluding carboxylic acids is 1. The van der Waals surface area contributed by atoms with Crippen molar-refractivity contribution in [1.82, 2.24) is 0 Å². The summed E-state index contributed by atoms with van der Waals surface area (Å²) < 4.78 is 40.5. The summed E-state index contributed by atoms with van der Waals surface area (Å²) in [5, 5.41) is 0. The summed E-state index contributed by atoms with van der Waals surface area (Å²) in [6.45, 7) is 2.26. The van der Waals surface area contributed by atoms with Crippen molar-refractivity contribution in [2.24, 2.45) is 0 Å². The Kier molecular flexibility index (Phi) is 7.88. The molecule has 0 saturated carbocycles. The molecule has 0 aliphatic heterocycles. The van der Waals surface area contributed by atoms with Gasteiger partial charge in [0.15, 0.2) is 28.8 Å². The number of ketones is 1. The lowest BCUT2D eigenvalue weighted by Crippen LogP contribution is -2.09. The normalized spacial score (nSPS) is 11.0. The summed E-state index contributed by atoms with van der Waals surface area (Å²) in [7, 11) is 5.81. The van der Waals surface area contributed by atoms with E-state index in [9.17, 15) is 9.18 Å². The molecule has 0 saturated heterocycles. The number of hydrogen-bond donors (Lipinski definition) is 0. The van der Waals surface area contributed by atoms with E-state index in [0.717, 1.165) is 0 Å². The van der Waals surface area contributed by atoms with Gasteiger partial charge >= 0.3 is 0 Å². The molecule has 0 heterocycles. The molecule has 7 heteroatoms. The minimum Gasteiger partial charge on any atom is -0.494 e. The van der Waals surface area contributed by atoms with Crippen molar-refractivity contribution < 1.29 is 32.9 Å². The summed E-state index contributed by atoms with van der Waals surface area (Å²) in [5.74, 6) is 0.343. The van der Waals surface area contributed by atoms with Crippen LogP contribution in [0.3, 0.4) is 0 Å². The minimum atomic E-state index is -0.531. The lowest BCUT2D eigenvalue weighted by atomic mass is 10.1. The summed E-state index contributed by atoms with van der Waals surface area (Å²) in [5.41, 5.74) is 0.756. The Hall–Kier alpha value is -3.22. The first kappa shape index (κ1) is 22.1. The van der Waals surface area contributed by atoms with Crippen molar-refractivity contribution in [3.63, 3.8) is 0 Å². The van der Waals surface area contributed by atoms with Crippen molar-refractivity contribution >= 4 is 11.9 Å². The molecule has 156 valence electrons. The summed E-state index contributed by atoms with van der Waals surface area (Å²) in [6, 6.07) is 7.49. The Labute approximate surface area is 169 Å². The second-order valence-corrected chi connectivity index (χ2v) is 5.99. The molecule has 0 atom stereocenters. The number of methoxy groups -OCH3 is 4. The number of hydrogen-bond acceptors (Lipinski definition) is 6. The van der Waals surface area contributed by atoms with Gasteiger partial charge in [-0.2, -0.15) is 0 Å². The molecule has 0 aromatic heterocycles. The maximum absolute atomic E-state index is 14.0. The van der Waals surface area contributed by atoms with Gasteiger partial charge in [-0.05, 0) is 42.3 Å². The number of allylic oxidation sites excluding steroid dienone is 1. The van der Waals surface area contributed by atoms with Crippen LogP contribution < -0.4 is 18.9 Å². The zero-order valence-electron chi connectivity index (χ0n) is 17.2. The monoisotopic (exact) mass is 404 g/mol. The van der Waals surface area contributed by atoms with Crippen LogP contribution >= 0.6 is 0 Å². The van der Waals surface area contributed by atoms with Gasteiger partial charge in [-0.1, -0.05) is 13.0 Å². The van der Waals surface area contributed by atoms with Crippen molar-refractivity contribution in [2.45, 2.75) is 13.3 Å². The average molecular weight is 404 g/mol. The molecule has 0 aliphatic rings. The topological polar surface area (TPSA) is 63.2 Å². The second kappa shape index (κ2) is 10.4. The zero-order chi connectivity index (χ0) is 21.4. The number of ether oxygens (including phenoxy) is 5. The van der Waals surface area contributed by atoms with E-state index in [4.69, 9.17) is 23.7 Å². The highest BCUT2D eigenvalue weighted by molar-refractivity contribution is 6.10. The lowest BCUT2D eigenvalue weighted by molar-refractivity contribution is 0.0922. The van der Waals surface area contributed by atoms with Gasteiger partial charge in [0.2, 0.25) is 11.5 Å². The van der Waals surface area contributed by atoms with E-state index in [0.29, 0.717) is 35.8 Å².